The molecule has 17 heavy (non-hydrogen) atoms. The van der Waals surface area contributed by atoms with Crippen LogP contribution in [0.15, 0.2) is 18.2 Å². The van der Waals surface area contributed by atoms with Crippen LogP contribution < -0.4 is 4.74 Å². The first-order chi connectivity index (χ1) is 7.95. The third-order valence-corrected chi connectivity index (χ3v) is 2.80. The Morgan fingerprint density at radius 3 is 2.71 bits per heavy atom. The van der Waals surface area contributed by atoms with Crippen LogP contribution in [0.25, 0.3) is 0 Å². The van der Waals surface area contributed by atoms with E-state index in [4.69, 9.17) is 9.84 Å². The number of Topliss-reactive ketones (excluding diaryl/α,β-unsaturated/α-hetero) is 1. The van der Waals surface area contributed by atoms with E-state index >= 15 is 0 Å². The van der Waals surface area contributed by atoms with Crippen molar-refractivity contribution in [2.75, 3.05) is 7.11 Å². The Kier molecular flexibility index (Phi) is 4.62. The van der Waals surface area contributed by atoms with Crippen LogP contribution in [0.3, 0.4) is 0 Å². The lowest BCUT2D eigenvalue weighted by Crippen LogP contribution is -2.19. The largest absolute Gasteiger partial charge is 0.496 e. The van der Waals surface area contributed by atoms with E-state index in [1.807, 2.05) is 0 Å². The zero-order chi connectivity index (χ0) is 13.0. The molecule has 92 valence electrons. The second-order valence-electron chi connectivity index (χ2n) is 3.27. The molecule has 0 aliphatic rings. The van der Waals surface area contributed by atoms with Crippen molar-refractivity contribution in [3.8, 4) is 5.75 Å². The summed E-state index contributed by atoms with van der Waals surface area (Å²) in [7, 11) is 1.35. The minimum Gasteiger partial charge on any atom is -0.496 e. The highest BCUT2D eigenvalue weighted by Crippen LogP contribution is 2.24. The second kappa shape index (κ2) is 5.77. The summed E-state index contributed by atoms with van der Waals surface area (Å²) in [5.74, 6) is -2.00. The SMILES string of the molecule is COc1ccc(F)cc1C(=O)C(Br)CC(=O)O. The Morgan fingerprint density at radius 2 is 2.18 bits per heavy atom. The molecule has 0 saturated carbocycles. The fraction of sp³-hybridized carbons (Fsp3) is 0.273. The summed E-state index contributed by atoms with van der Waals surface area (Å²) >= 11 is 2.96. The number of rotatable bonds is 5. The van der Waals surface area contributed by atoms with Crippen LogP contribution >= 0.6 is 15.9 Å². The van der Waals surface area contributed by atoms with Crippen molar-refractivity contribution >= 4 is 27.7 Å². The predicted molar refractivity (Wildman–Crippen MR) is 62.3 cm³/mol. The first kappa shape index (κ1) is 13.6. The number of carboxylic acids is 1. The molecule has 4 nitrogen and oxygen atoms in total. The number of ether oxygens (including phenoxy) is 1. The van der Waals surface area contributed by atoms with Gasteiger partial charge in [-0.3, -0.25) is 9.59 Å². The summed E-state index contributed by atoms with van der Waals surface area (Å²) in [5, 5.41) is 8.57. The molecule has 0 aliphatic heterocycles. The Hall–Kier alpha value is -1.43. The highest BCUT2D eigenvalue weighted by molar-refractivity contribution is 9.10. The molecule has 1 aromatic rings. The van der Waals surface area contributed by atoms with Crippen molar-refractivity contribution < 1.29 is 23.8 Å². The average molecular weight is 305 g/mol. The molecule has 0 saturated heterocycles. The van der Waals surface area contributed by atoms with Crippen molar-refractivity contribution in [1.82, 2.24) is 0 Å². The summed E-state index contributed by atoms with van der Waals surface area (Å²) in [6, 6.07) is 3.51. The lowest BCUT2D eigenvalue weighted by molar-refractivity contribution is -0.136. The van der Waals surface area contributed by atoms with Gasteiger partial charge in [0.05, 0.1) is 23.9 Å². The molecule has 0 radical (unpaired) electrons. The van der Waals surface area contributed by atoms with Crippen LogP contribution in [-0.4, -0.2) is 28.8 Å². The molecule has 1 rings (SSSR count). The zero-order valence-corrected chi connectivity index (χ0v) is 10.5. The van der Waals surface area contributed by atoms with Gasteiger partial charge in [-0.2, -0.15) is 0 Å². The molecule has 0 amide bonds. The van der Waals surface area contributed by atoms with E-state index in [0.717, 1.165) is 12.1 Å². The third kappa shape index (κ3) is 3.52. The van der Waals surface area contributed by atoms with E-state index in [1.54, 1.807) is 0 Å². The number of aliphatic carboxylic acids is 1. The lowest BCUT2D eigenvalue weighted by Gasteiger charge is -2.10. The zero-order valence-electron chi connectivity index (χ0n) is 8.94. The van der Waals surface area contributed by atoms with Gasteiger partial charge in [0.15, 0.2) is 5.78 Å². The number of methoxy groups -OCH3 is 1. The van der Waals surface area contributed by atoms with Gasteiger partial charge < -0.3 is 9.84 Å². The molecule has 1 N–H and O–H groups in total. The molecule has 1 aromatic carbocycles. The monoisotopic (exact) mass is 304 g/mol. The van der Waals surface area contributed by atoms with Gasteiger partial charge in [0.25, 0.3) is 0 Å². The maximum Gasteiger partial charge on any atom is 0.304 e. The number of hydrogen-bond donors (Lipinski definition) is 1. The molecule has 1 unspecified atom stereocenters. The summed E-state index contributed by atoms with van der Waals surface area (Å²) in [6.45, 7) is 0. The van der Waals surface area contributed by atoms with Crippen molar-refractivity contribution in [1.29, 1.82) is 0 Å². The van der Waals surface area contributed by atoms with E-state index in [2.05, 4.69) is 15.9 Å². The Labute approximate surface area is 106 Å². The molecule has 6 heteroatoms. The maximum atomic E-state index is 13.0. The first-order valence-electron chi connectivity index (χ1n) is 4.69. The predicted octanol–water partition coefficient (Wildman–Crippen LogP) is 2.26. The number of alkyl halides is 1. The minimum atomic E-state index is -1.12. The molecule has 1 atom stereocenters. The molecular weight excluding hydrogens is 295 g/mol. The topological polar surface area (TPSA) is 63.6 Å². The number of carboxylic acid groups (broad SMARTS) is 1. The van der Waals surface area contributed by atoms with Crippen LogP contribution in [0.5, 0.6) is 5.75 Å². The number of hydrogen-bond acceptors (Lipinski definition) is 3. The van der Waals surface area contributed by atoms with Crippen LogP contribution in [0, 0.1) is 5.82 Å². The third-order valence-electron chi connectivity index (χ3n) is 2.07. The number of ketones is 1. The lowest BCUT2D eigenvalue weighted by atomic mass is 10.1. The summed E-state index contributed by atoms with van der Waals surface area (Å²) < 4.78 is 18.0. The van der Waals surface area contributed by atoms with Crippen molar-refractivity contribution in [3.63, 3.8) is 0 Å². The smallest absolute Gasteiger partial charge is 0.304 e. The summed E-state index contributed by atoms with van der Waals surface area (Å²) in [6.07, 6.45) is -0.376. The normalized spacial score (nSPS) is 11.9. The number of carbonyl (C=O) groups is 2. The van der Waals surface area contributed by atoms with Crippen molar-refractivity contribution in [3.05, 3.63) is 29.6 Å². The van der Waals surface area contributed by atoms with Crippen molar-refractivity contribution in [2.24, 2.45) is 0 Å². The number of carbonyl (C=O) groups excluding carboxylic acids is 1. The minimum absolute atomic E-state index is 0.0237. The molecule has 0 aromatic heterocycles. The Balaban J connectivity index is 3.02. The highest BCUT2D eigenvalue weighted by atomic mass is 79.9. The van der Waals surface area contributed by atoms with Gasteiger partial charge in [-0.25, -0.2) is 4.39 Å². The van der Waals surface area contributed by atoms with Crippen LogP contribution in [0.2, 0.25) is 0 Å². The van der Waals surface area contributed by atoms with E-state index in [-0.39, 0.29) is 17.7 Å². The first-order valence-corrected chi connectivity index (χ1v) is 5.61. The Bertz CT molecular complexity index is 447. The van der Waals surface area contributed by atoms with E-state index in [0.29, 0.717) is 0 Å². The van der Waals surface area contributed by atoms with Gasteiger partial charge in [-0.15, -0.1) is 0 Å². The summed E-state index contributed by atoms with van der Waals surface area (Å²) in [5.41, 5.74) is 0.0237. The highest BCUT2D eigenvalue weighted by Gasteiger charge is 2.23. The molecule has 0 aliphatic carbocycles. The van der Waals surface area contributed by atoms with Gasteiger partial charge in [-0.05, 0) is 18.2 Å². The van der Waals surface area contributed by atoms with Gasteiger partial charge in [0.2, 0.25) is 0 Å². The molecule has 0 spiro atoms. The Morgan fingerprint density at radius 1 is 1.53 bits per heavy atom. The molecule has 0 fully saturated rings. The van der Waals surface area contributed by atoms with Gasteiger partial charge in [0, 0.05) is 0 Å². The van der Waals surface area contributed by atoms with Crippen LogP contribution in [0.4, 0.5) is 4.39 Å². The molecule has 0 heterocycles. The van der Waals surface area contributed by atoms with Gasteiger partial charge >= 0.3 is 5.97 Å². The number of halogens is 2. The van der Waals surface area contributed by atoms with Gasteiger partial charge in [0.1, 0.15) is 11.6 Å². The van der Waals surface area contributed by atoms with Crippen LogP contribution in [0.1, 0.15) is 16.8 Å². The standard InChI is InChI=1S/C11H10BrFO4/c1-17-9-3-2-6(13)4-7(9)11(16)8(12)5-10(14)15/h2-4,8H,5H2,1H3,(H,14,15). The van der Waals surface area contributed by atoms with E-state index < -0.39 is 22.4 Å². The van der Waals surface area contributed by atoms with Crippen LogP contribution in [-0.2, 0) is 4.79 Å². The molecule has 0 bridgehead atoms. The fourth-order valence-corrected chi connectivity index (χ4v) is 1.81. The average Bonchev–Trinajstić information content (AvgIpc) is 2.27. The number of benzene rings is 1. The summed E-state index contributed by atoms with van der Waals surface area (Å²) in [4.78, 5) is 21.4. The molecular formula is C11H10BrFO4. The quantitative estimate of drug-likeness (QED) is 0.669. The van der Waals surface area contributed by atoms with E-state index in [1.165, 1.54) is 13.2 Å². The van der Waals surface area contributed by atoms with Crippen molar-refractivity contribution in [2.45, 2.75) is 11.2 Å². The fourth-order valence-electron chi connectivity index (χ4n) is 1.29. The van der Waals surface area contributed by atoms with E-state index in [9.17, 15) is 14.0 Å². The maximum absolute atomic E-state index is 13.0. The second-order valence-corrected chi connectivity index (χ2v) is 4.38. The van der Waals surface area contributed by atoms with Gasteiger partial charge in [-0.1, -0.05) is 15.9 Å².